The molecule has 2 unspecified atom stereocenters. The summed E-state index contributed by atoms with van der Waals surface area (Å²) >= 11 is 5.51. The molecule has 1 aliphatic heterocycles. The van der Waals surface area contributed by atoms with Crippen molar-refractivity contribution in [2.24, 2.45) is 0 Å². The summed E-state index contributed by atoms with van der Waals surface area (Å²) in [7, 11) is 0. The first kappa shape index (κ1) is 14.7. The summed E-state index contributed by atoms with van der Waals surface area (Å²) in [5.74, 6) is -0.547. The third-order valence-corrected chi connectivity index (χ3v) is 3.29. The second kappa shape index (κ2) is 6.17. The number of halogens is 1. The van der Waals surface area contributed by atoms with Crippen LogP contribution in [0.25, 0.3) is 0 Å². The number of nitrogens with zero attached hydrogens (tertiary/aromatic N) is 1. The van der Waals surface area contributed by atoms with Gasteiger partial charge in [0.15, 0.2) is 0 Å². The van der Waals surface area contributed by atoms with Crippen molar-refractivity contribution in [1.29, 1.82) is 0 Å². The van der Waals surface area contributed by atoms with Gasteiger partial charge in [0.05, 0.1) is 11.8 Å². The van der Waals surface area contributed by atoms with Gasteiger partial charge >= 0.3 is 0 Å². The fourth-order valence-electron chi connectivity index (χ4n) is 1.97. The lowest BCUT2D eigenvalue weighted by atomic mass is 10.0. The molecule has 1 heterocycles. The van der Waals surface area contributed by atoms with Crippen LogP contribution in [-0.4, -0.2) is 34.0 Å². The highest BCUT2D eigenvalue weighted by molar-refractivity contribution is 6.28. The summed E-state index contributed by atoms with van der Waals surface area (Å²) in [6, 6.07) is 6.23. The van der Waals surface area contributed by atoms with Crippen molar-refractivity contribution in [3.05, 3.63) is 42.0 Å². The van der Waals surface area contributed by atoms with Crippen molar-refractivity contribution >= 4 is 29.1 Å². The van der Waals surface area contributed by atoms with E-state index in [0.29, 0.717) is 11.3 Å². The summed E-state index contributed by atoms with van der Waals surface area (Å²) in [5.41, 5.74) is 0.922. The number of carbonyl (C=O) groups excluding carboxylic acids is 2. The molecule has 5 nitrogen and oxygen atoms in total. The fraction of sp³-hybridized carbons (Fsp3) is 0.286. The van der Waals surface area contributed by atoms with Crippen LogP contribution in [0, 0.1) is 0 Å². The molecule has 106 valence electrons. The van der Waals surface area contributed by atoms with Crippen LogP contribution in [0.2, 0.25) is 0 Å². The minimum absolute atomic E-state index is 0.249. The van der Waals surface area contributed by atoms with Crippen LogP contribution < -0.4 is 4.90 Å². The standard InChI is InChI=1S/C14H14ClNO4/c15-8-7-11(17)14(20)9-1-3-10(4-2-9)16-12(18)5-6-13(16)19/h1-6,11,14,17,20H,7-8H2. The molecule has 0 saturated carbocycles. The zero-order valence-corrected chi connectivity index (χ0v) is 11.3. The number of rotatable bonds is 5. The van der Waals surface area contributed by atoms with Crippen molar-refractivity contribution in [1.82, 2.24) is 0 Å². The zero-order chi connectivity index (χ0) is 14.7. The molecular weight excluding hydrogens is 282 g/mol. The summed E-state index contributed by atoms with van der Waals surface area (Å²) in [4.78, 5) is 24.1. The van der Waals surface area contributed by atoms with Gasteiger partial charge in [-0.2, -0.15) is 0 Å². The predicted molar refractivity (Wildman–Crippen MR) is 74.4 cm³/mol. The third kappa shape index (κ3) is 2.90. The molecule has 2 N–H and O–H groups in total. The monoisotopic (exact) mass is 295 g/mol. The molecule has 1 aromatic carbocycles. The van der Waals surface area contributed by atoms with Crippen molar-refractivity contribution in [3.63, 3.8) is 0 Å². The van der Waals surface area contributed by atoms with E-state index < -0.39 is 24.0 Å². The molecular formula is C14H14ClNO4. The first-order chi connectivity index (χ1) is 9.54. The first-order valence-corrected chi connectivity index (χ1v) is 6.66. The molecule has 0 aliphatic carbocycles. The van der Waals surface area contributed by atoms with E-state index >= 15 is 0 Å². The summed E-state index contributed by atoms with van der Waals surface area (Å²) < 4.78 is 0. The van der Waals surface area contributed by atoms with Crippen LogP contribution in [-0.2, 0) is 9.59 Å². The smallest absolute Gasteiger partial charge is 0.258 e. The SMILES string of the molecule is O=C1C=CC(=O)N1c1ccc(C(O)C(O)CCCl)cc1. The van der Waals surface area contributed by atoms with E-state index in [9.17, 15) is 19.8 Å². The Kier molecular flexibility index (Phi) is 4.54. The first-order valence-electron chi connectivity index (χ1n) is 6.13. The number of aliphatic hydroxyl groups is 2. The number of amides is 2. The second-order valence-electron chi connectivity index (χ2n) is 4.43. The molecule has 0 fully saturated rings. The van der Waals surface area contributed by atoms with Crippen LogP contribution in [0.3, 0.4) is 0 Å². The molecule has 1 aliphatic rings. The van der Waals surface area contributed by atoms with Gasteiger partial charge in [-0.15, -0.1) is 11.6 Å². The molecule has 0 spiro atoms. The fourth-order valence-corrected chi connectivity index (χ4v) is 2.19. The van der Waals surface area contributed by atoms with Crippen molar-refractivity contribution in [2.45, 2.75) is 18.6 Å². The Balaban J connectivity index is 2.14. The van der Waals surface area contributed by atoms with Crippen LogP contribution in [0.5, 0.6) is 0 Å². The Hall–Kier alpha value is -1.69. The van der Waals surface area contributed by atoms with E-state index in [2.05, 4.69) is 0 Å². The number of aliphatic hydroxyl groups excluding tert-OH is 2. The molecule has 2 amide bonds. The average Bonchev–Trinajstić information content (AvgIpc) is 2.78. The lowest BCUT2D eigenvalue weighted by molar-refractivity contribution is -0.119. The van der Waals surface area contributed by atoms with Gasteiger partial charge in [-0.3, -0.25) is 9.59 Å². The van der Waals surface area contributed by atoms with Crippen LogP contribution >= 0.6 is 11.6 Å². The molecule has 0 radical (unpaired) electrons. The lowest BCUT2D eigenvalue weighted by Crippen LogP contribution is -2.29. The van der Waals surface area contributed by atoms with E-state index in [1.54, 1.807) is 24.3 Å². The third-order valence-electron chi connectivity index (χ3n) is 3.07. The van der Waals surface area contributed by atoms with Crippen LogP contribution in [0.1, 0.15) is 18.1 Å². The number of hydrogen-bond donors (Lipinski definition) is 2. The van der Waals surface area contributed by atoms with Gasteiger partial charge in [-0.25, -0.2) is 4.90 Å². The van der Waals surface area contributed by atoms with Gasteiger partial charge < -0.3 is 10.2 Å². The normalized spacial score (nSPS) is 17.6. The van der Waals surface area contributed by atoms with Gasteiger partial charge in [0.1, 0.15) is 6.10 Å². The highest BCUT2D eigenvalue weighted by atomic mass is 35.5. The van der Waals surface area contributed by atoms with Gasteiger partial charge in [-0.05, 0) is 24.1 Å². The average molecular weight is 296 g/mol. The Labute approximate surface area is 121 Å². The molecule has 2 atom stereocenters. The van der Waals surface area contributed by atoms with Crippen molar-refractivity contribution in [3.8, 4) is 0 Å². The van der Waals surface area contributed by atoms with Crippen LogP contribution in [0.4, 0.5) is 5.69 Å². The Bertz CT molecular complexity index is 523. The van der Waals surface area contributed by atoms with Crippen molar-refractivity contribution < 1.29 is 19.8 Å². The maximum atomic E-state index is 11.5. The minimum atomic E-state index is -1.05. The molecule has 20 heavy (non-hydrogen) atoms. The van der Waals surface area contributed by atoms with E-state index in [0.717, 1.165) is 4.90 Å². The van der Waals surface area contributed by atoms with E-state index in [1.807, 2.05) is 0 Å². The van der Waals surface area contributed by atoms with Crippen LogP contribution in [0.15, 0.2) is 36.4 Å². The lowest BCUT2D eigenvalue weighted by Gasteiger charge is -2.19. The van der Waals surface area contributed by atoms with Gasteiger partial charge in [0, 0.05) is 18.0 Å². The Morgan fingerprint density at radius 1 is 1.05 bits per heavy atom. The quantitative estimate of drug-likeness (QED) is 0.631. The van der Waals surface area contributed by atoms with E-state index in [1.165, 1.54) is 12.2 Å². The molecule has 0 bridgehead atoms. The largest absolute Gasteiger partial charge is 0.390 e. The van der Waals surface area contributed by atoms with Crippen molar-refractivity contribution in [2.75, 3.05) is 10.8 Å². The highest BCUT2D eigenvalue weighted by Gasteiger charge is 2.25. The topological polar surface area (TPSA) is 77.8 Å². The Morgan fingerprint density at radius 2 is 1.60 bits per heavy atom. The summed E-state index contributed by atoms with van der Waals surface area (Å²) in [6.07, 6.45) is 0.684. The van der Waals surface area contributed by atoms with Gasteiger partial charge in [0.25, 0.3) is 11.8 Å². The van der Waals surface area contributed by atoms with E-state index in [4.69, 9.17) is 11.6 Å². The number of anilines is 1. The maximum absolute atomic E-state index is 11.5. The summed E-state index contributed by atoms with van der Waals surface area (Å²) in [5, 5.41) is 19.6. The maximum Gasteiger partial charge on any atom is 0.258 e. The zero-order valence-electron chi connectivity index (χ0n) is 10.6. The van der Waals surface area contributed by atoms with Gasteiger partial charge in [-0.1, -0.05) is 12.1 Å². The molecule has 0 saturated heterocycles. The summed E-state index contributed by atoms with van der Waals surface area (Å²) in [6.45, 7) is 0. The molecule has 0 aromatic heterocycles. The molecule has 2 rings (SSSR count). The number of hydrogen-bond acceptors (Lipinski definition) is 4. The number of carbonyl (C=O) groups is 2. The highest BCUT2D eigenvalue weighted by Crippen LogP contribution is 2.24. The minimum Gasteiger partial charge on any atom is -0.390 e. The van der Waals surface area contributed by atoms with E-state index in [-0.39, 0.29) is 12.3 Å². The second-order valence-corrected chi connectivity index (χ2v) is 4.80. The molecule has 1 aromatic rings. The number of alkyl halides is 1. The Morgan fingerprint density at radius 3 is 2.10 bits per heavy atom. The number of benzene rings is 1. The molecule has 6 heteroatoms. The number of imide groups is 1. The predicted octanol–water partition coefficient (Wildman–Crippen LogP) is 1.14. The van der Waals surface area contributed by atoms with Gasteiger partial charge in [0.2, 0.25) is 0 Å².